The van der Waals surface area contributed by atoms with Crippen molar-refractivity contribution < 1.29 is 36.6 Å². The van der Waals surface area contributed by atoms with E-state index in [-0.39, 0.29) is 0 Å². The van der Waals surface area contributed by atoms with E-state index in [4.69, 9.17) is 0 Å². The molecule has 0 aromatic heterocycles. The molecule has 0 fully saturated rings. The van der Waals surface area contributed by atoms with E-state index < -0.39 is 36.6 Å². The van der Waals surface area contributed by atoms with Gasteiger partial charge in [0.1, 0.15) is 12.4 Å². The molecule has 0 N–H and O–H groups in total. The average Bonchev–Trinajstić information content (AvgIpc) is 2.10. The van der Waals surface area contributed by atoms with Gasteiger partial charge in [-0.05, 0) is 0 Å². The fourth-order valence-electron chi connectivity index (χ4n) is 0.496. The summed E-state index contributed by atoms with van der Waals surface area (Å²) in [6.07, 6.45) is -5.53. The standard InChI is InChI=1S/C7H6F4O4/c1-14-5(12)6(13)15-3-4(8)2-7(9,10)11/h2H,3H2,1H3/b4-2-. The monoisotopic (exact) mass is 230 g/mol. The molecule has 0 amide bonds. The summed E-state index contributed by atoms with van der Waals surface area (Å²) in [5.41, 5.74) is 0. The molecule has 0 saturated heterocycles. The molecule has 0 aliphatic carbocycles. The molecule has 0 rings (SSSR count). The van der Waals surface area contributed by atoms with E-state index in [9.17, 15) is 27.2 Å². The molecule has 0 aromatic rings. The molecule has 0 heterocycles. The molecule has 0 aromatic carbocycles. The Labute approximate surface area is 81.5 Å². The molecule has 0 radical (unpaired) electrons. The first kappa shape index (κ1) is 13.4. The van der Waals surface area contributed by atoms with Crippen LogP contribution in [-0.4, -0.2) is 31.8 Å². The molecule has 0 spiro atoms. The summed E-state index contributed by atoms with van der Waals surface area (Å²) in [5, 5.41) is 0. The highest BCUT2D eigenvalue weighted by Gasteiger charge is 2.25. The number of ether oxygens (including phenoxy) is 2. The summed E-state index contributed by atoms with van der Waals surface area (Å²) < 4.78 is 54.6. The smallest absolute Gasteiger partial charge is 0.417 e. The lowest BCUT2D eigenvalue weighted by molar-refractivity contribution is -0.165. The molecular formula is C7H6F4O4. The minimum absolute atomic E-state index is 0.683. The van der Waals surface area contributed by atoms with Gasteiger partial charge in [0.25, 0.3) is 0 Å². The topological polar surface area (TPSA) is 52.6 Å². The molecule has 86 valence electrons. The van der Waals surface area contributed by atoms with Gasteiger partial charge in [-0.2, -0.15) is 13.2 Å². The van der Waals surface area contributed by atoms with E-state index in [0.29, 0.717) is 0 Å². The van der Waals surface area contributed by atoms with Crippen molar-refractivity contribution in [1.82, 2.24) is 0 Å². The number of alkyl halides is 3. The fraction of sp³-hybridized carbons (Fsp3) is 0.429. The predicted octanol–water partition coefficient (Wildman–Crippen LogP) is 1.12. The highest BCUT2D eigenvalue weighted by molar-refractivity contribution is 6.29. The SMILES string of the molecule is COC(=O)C(=O)OC/C(F)=C/C(F)(F)F. The Hall–Kier alpha value is -1.60. The second-order valence-electron chi connectivity index (χ2n) is 2.20. The van der Waals surface area contributed by atoms with Crippen LogP contribution in [0.5, 0.6) is 0 Å². The van der Waals surface area contributed by atoms with Crippen molar-refractivity contribution in [2.24, 2.45) is 0 Å². The van der Waals surface area contributed by atoms with Crippen molar-refractivity contribution in [2.45, 2.75) is 6.18 Å². The van der Waals surface area contributed by atoms with Gasteiger partial charge < -0.3 is 9.47 Å². The van der Waals surface area contributed by atoms with Crippen molar-refractivity contribution in [3.05, 3.63) is 11.9 Å². The fourth-order valence-corrected chi connectivity index (χ4v) is 0.496. The third kappa shape index (κ3) is 6.47. The number of halogens is 4. The van der Waals surface area contributed by atoms with E-state index in [0.717, 1.165) is 7.11 Å². The van der Waals surface area contributed by atoms with E-state index in [2.05, 4.69) is 9.47 Å². The van der Waals surface area contributed by atoms with E-state index in [1.165, 1.54) is 0 Å². The second-order valence-corrected chi connectivity index (χ2v) is 2.20. The predicted molar refractivity (Wildman–Crippen MR) is 38.2 cm³/mol. The molecule has 15 heavy (non-hydrogen) atoms. The molecule has 8 heteroatoms. The maximum Gasteiger partial charge on any atom is 0.417 e. The summed E-state index contributed by atoms with van der Waals surface area (Å²) >= 11 is 0. The van der Waals surface area contributed by atoms with Crippen LogP contribution in [0.3, 0.4) is 0 Å². The maximum absolute atomic E-state index is 12.3. The zero-order chi connectivity index (χ0) is 12.1. The molecule has 4 nitrogen and oxygen atoms in total. The average molecular weight is 230 g/mol. The Bertz CT molecular complexity index is 281. The van der Waals surface area contributed by atoms with Crippen molar-refractivity contribution >= 4 is 11.9 Å². The van der Waals surface area contributed by atoms with Crippen LogP contribution in [0.1, 0.15) is 0 Å². The highest BCUT2D eigenvalue weighted by atomic mass is 19.4. The van der Waals surface area contributed by atoms with Crippen LogP contribution >= 0.6 is 0 Å². The molecule has 0 aliphatic heterocycles. The summed E-state index contributed by atoms with van der Waals surface area (Å²) in [4.78, 5) is 20.8. The van der Waals surface area contributed by atoms with E-state index >= 15 is 0 Å². The van der Waals surface area contributed by atoms with Gasteiger partial charge in [0, 0.05) is 0 Å². The lowest BCUT2D eigenvalue weighted by atomic mass is 10.5. The van der Waals surface area contributed by atoms with E-state index in [1.54, 1.807) is 0 Å². The van der Waals surface area contributed by atoms with Crippen LogP contribution in [0.4, 0.5) is 17.6 Å². The van der Waals surface area contributed by atoms with Gasteiger partial charge in [-0.1, -0.05) is 0 Å². The van der Waals surface area contributed by atoms with Gasteiger partial charge in [-0.25, -0.2) is 14.0 Å². The number of allylic oxidation sites excluding steroid dienone is 1. The highest BCUT2D eigenvalue weighted by Crippen LogP contribution is 2.19. The van der Waals surface area contributed by atoms with Crippen LogP contribution in [0.2, 0.25) is 0 Å². The van der Waals surface area contributed by atoms with Gasteiger partial charge >= 0.3 is 18.1 Å². The Kier molecular flexibility index (Phi) is 4.75. The molecule has 0 aliphatic rings. The lowest BCUT2D eigenvalue weighted by Crippen LogP contribution is -2.19. The summed E-state index contributed by atoms with van der Waals surface area (Å²) in [5.74, 6) is -4.71. The first-order valence-electron chi connectivity index (χ1n) is 3.45. The van der Waals surface area contributed by atoms with Crippen LogP contribution in [0, 0.1) is 0 Å². The third-order valence-corrected chi connectivity index (χ3v) is 1.01. The number of carbonyl (C=O) groups is 2. The summed E-state index contributed by atoms with van der Waals surface area (Å²) in [6.45, 7) is -1.27. The quantitative estimate of drug-likeness (QED) is 0.405. The number of hydrogen-bond acceptors (Lipinski definition) is 4. The summed E-state index contributed by atoms with van der Waals surface area (Å²) in [7, 11) is 0.867. The molecule has 0 saturated carbocycles. The number of rotatable bonds is 2. The van der Waals surface area contributed by atoms with Gasteiger partial charge in [0.15, 0.2) is 0 Å². The van der Waals surface area contributed by atoms with Crippen molar-refractivity contribution in [1.29, 1.82) is 0 Å². The van der Waals surface area contributed by atoms with Crippen LogP contribution in [0.15, 0.2) is 11.9 Å². The Morgan fingerprint density at radius 1 is 1.27 bits per heavy atom. The van der Waals surface area contributed by atoms with Gasteiger partial charge in [-0.15, -0.1) is 0 Å². The van der Waals surface area contributed by atoms with Crippen LogP contribution in [0.25, 0.3) is 0 Å². The number of methoxy groups -OCH3 is 1. The lowest BCUT2D eigenvalue weighted by Gasteiger charge is -2.02. The molecule has 0 atom stereocenters. The van der Waals surface area contributed by atoms with Gasteiger partial charge in [0.2, 0.25) is 0 Å². The van der Waals surface area contributed by atoms with Crippen molar-refractivity contribution in [3.63, 3.8) is 0 Å². The Morgan fingerprint density at radius 2 is 1.80 bits per heavy atom. The minimum Gasteiger partial charge on any atom is -0.461 e. The van der Waals surface area contributed by atoms with Crippen molar-refractivity contribution in [3.8, 4) is 0 Å². The first-order chi connectivity index (χ1) is 6.76. The first-order valence-corrected chi connectivity index (χ1v) is 3.45. The molecule has 0 bridgehead atoms. The zero-order valence-electron chi connectivity index (χ0n) is 7.43. The van der Waals surface area contributed by atoms with Gasteiger partial charge in [0.05, 0.1) is 13.2 Å². The Balaban J connectivity index is 4.13. The zero-order valence-corrected chi connectivity index (χ0v) is 7.43. The minimum atomic E-state index is -4.85. The number of hydrogen-bond donors (Lipinski definition) is 0. The van der Waals surface area contributed by atoms with Crippen molar-refractivity contribution in [2.75, 3.05) is 13.7 Å². The number of esters is 2. The second kappa shape index (κ2) is 5.32. The third-order valence-electron chi connectivity index (χ3n) is 1.01. The van der Waals surface area contributed by atoms with Gasteiger partial charge in [-0.3, -0.25) is 0 Å². The Morgan fingerprint density at radius 3 is 2.20 bits per heavy atom. The largest absolute Gasteiger partial charge is 0.461 e. The van der Waals surface area contributed by atoms with E-state index in [1.807, 2.05) is 0 Å². The summed E-state index contributed by atoms with van der Waals surface area (Å²) in [6, 6.07) is 0. The molecule has 0 unspecified atom stereocenters. The number of carbonyl (C=O) groups excluding carboxylic acids is 2. The van der Waals surface area contributed by atoms with Crippen LogP contribution < -0.4 is 0 Å². The van der Waals surface area contributed by atoms with Crippen LogP contribution in [-0.2, 0) is 19.1 Å². The molecular weight excluding hydrogens is 224 g/mol. The maximum atomic E-state index is 12.3. The normalized spacial score (nSPS) is 12.2.